The molecule has 0 radical (unpaired) electrons. The molecule has 5 aromatic rings. The quantitative estimate of drug-likeness (QED) is 0.192. The van der Waals surface area contributed by atoms with Gasteiger partial charge in [-0.1, -0.05) is 18.2 Å². The summed E-state index contributed by atoms with van der Waals surface area (Å²) in [5.74, 6) is 0.201. The van der Waals surface area contributed by atoms with Crippen molar-refractivity contribution in [2.75, 3.05) is 43.1 Å². The molecule has 11 nitrogen and oxygen atoms in total. The highest BCUT2D eigenvalue weighted by atomic mass is 19.1. The van der Waals surface area contributed by atoms with Gasteiger partial charge in [0.2, 0.25) is 5.91 Å². The van der Waals surface area contributed by atoms with Crippen molar-refractivity contribution in [3.63, 3.8) is 0 Å². The lowest BCUT2D eigenvalue weighted by Gasteiger charge is -2.35. The van der Waals surface area contributed by atoms with Crippen LogP contribution in [-0.4, -0.2) is 64.9 Å². The number of aryl methyl sites for hydroxylation is 1. The summed E-state index contributed by atoms with van der Waals surface area (Å²) in [7, 11) is 3.27. The first kappa shape index (κ1) is 36.4. The SMILES string of the molecule is COc1cc(-c2cn(C)c(=O)c(C)c2C)cc(F)c1CN1CCc2c(CC3CCN(c4ccc5c(N6CCC(=O)NC6=O)n[nH]c5c4F)CC3)cccc2C1. The Kier molecular flexibility index (Phi) is 9.66. The number of nitrogens with one attached hydrogen (secondary N) is 2. The second-order valence-corrected chi connectivity index (χ2v) is 15.1. The number of imide groups is 1. The Morgan fingerprint density at radius 3 is 2.53 bits per heavy atom. The first-order valence-electron chi connectivity index (χ1n) is 18.9. The van der Waals surface area contributed by atoms with Crippen molar-refractivity contribution in [3.8, 4) is 16.9 Å². The fourth-order valence-corrected chi connectivity index (χ4v) is 8.60. The van der Waals surface area contributed by atoms with Crippen molar-refractivity contribution in [2.24, 2.45) is 13.0 Å². The van der Waals surface area contributed by atoms with Crippen molar-refractivity contribution in [2.45, 2.75) is 59.0 Å². The van der Waals surface area contributed by atoms with Crippen LogP contribution in [-0.2, 0) is 37.8 Å². The van der Waals surface area contributed by atoms with E-state index >= 15 is 8.78 Å². The molecule has 3 aliphatic heterocycles. The zero-order chi connectivity index (χ0) is 38.5. The van der Waals surface area contributed by atoms with Crippen molar-refractivity contribution >= 4 is 34.3 Å². The highest BCUT2D eigenvalue weighted by molar-refractivity contribution is 6.09. The standard InChI is InChI=1S/C42H45F2N7O4/c1-24-25(2)41(53)48(3)22-32(24)29-19-34(43)33(36(20-29)55-4)23-49-14-12-30-27(6-5-7-28(30)21-49)18-26-10-15-50(16-11-26)35-9-8-31-39(38(35)44)46-47-40(31)51-17-13-37(52)45-42(51)54/h5-9,19-20,22,26H,10-18,21,23H2,1-4H3,(H,46,47)(H,45,52,54). The number of halogens is 2. The highest BCUT2D eigenvalue weighted by Crippen LogP contribution is 2.37. The molecular weight excluding hydrogens is 705 g/mol. The van der Waals surface area contributed by atoms with Gasteiger partial charge < -0.3 is 14.2 Å². The van der Waals surface area contributed by atoms with E-state index in [0.717, 1.165) is 56.4 Å². The molecule has 13 heteroatoms. The minimum absolute atomic E-state index is 0.0647. The van der Waals surface area contributed by atoms with Gasteiger partial charge in [-0.15, -0.1) is 0 Å². The fraction of sp³-hybridized carbons (Fsp3) is 0.381. The van der Waals surface area contributed by atoms with Crippen LogP contribution < -0.4 is 25.4 Å². The summed E-state index contributed by atoms with van der Waals surface area (Å²) in [6.45, 7) is 7.24. The summed E-state index contributed by atoms with van der Waals surface area (Å²) in [4.78, 5) is 42.1. The van der Waals surface area contributed by atoms with E-state index in [-0.39, 0.29) is 35.8 Å². The van der Waals surface area contributed by atoms with Crippen molar-refractivity contribution in [1.82, 2.24) is 25.0 Å². The predicted molar refractivity (Wildman–Crippen MR) is 208 cm³/mol. The largest absolute Gasteiger partial charge is 0.496 e. The number of nitrogens with zero attached hydrogens (tertiary/aromatic N) is 5. The van der Waals surface area contributed by atoms with Crippen LogP contribution >= 0.6 is 0 Å². The van der Waals surface area contributed by atoms with Crippen LogP contribution in [0.25, 0.3) is 22.0 Å². The van der Waals surface area contributed by atoms with Gasteiger partial charge in [-0.3, -0.25) is 29.8 Å². The van der Waals surface area contributed by atoms with Crippen LogP contribution in [0.15, 0.2) is 53.5 Å². The number of pyridine rings is 1. The van der Waals surface area contributed by atoms with Crippen LogP contribution in [0, 0.1) is 31.4 Å². The Morgan fingerprint density at radius 2 is 1.76 bits per heavy atom. The number of aromatic amines is 1. The Morgan fingerprint density at radius 1 is 0.964 bits per heavy atom. The molecule has 286 valence electrons. The third-order valence-corrected chi connectivity index (χ3v) is 11.8. The molecule has 0 unspecified atom stereocenters. The van der Waals surface area contributed by atoms with Gasteiger partial charge in [-0.25, -0.2) is 13.6 Å². The first-order chi connectivity index (χ1) is 26.5. The Hall–Kier alpha value is -5.56. The number of aromatic nitrogens is 3. The van der Waals surface area contributed by atoms with Gasteiger partial charge in [-0.05, 0) is 97.5 Å². The number of H-pyrrole nitrogens is 1. The number of fused-ring (bicyclic) bond motifs is 2. The summed E-state index contributed by atoms with van der Waals surface area (Å²) < 4.78 is 39.0. The van der Waals surface area contributed by atoms with Gasteiger partial charge in [0.1, 0.15) is 17.1 Å². The van der Waals surface area contributed by atoms with E-state index in [1.807, 2.05) is 13.0 Å². The average Bonchev–Trinajstić information content (AvgIpc) is 3.61. The van der Waals surface area contributed by atoms with Gasteiger partial charge in [0.15, 0.2) is 11.6 Å². The van der Waals surface area contributed by atoms with Gasteiger partial charge in [0, 0.05) is 81.0 Å². The fourth-order valence-electron chi connectivity index (χ4n) is 8.60. The van der Waals surface area contributed by atoms with E-state index in [0.29, 0.717) is 58.3 Å². The normalized spacial score (nSPS) is 16.8. The lowest BCUT2D eigenvalue weighted by Crippen LogP contribution is -2.49. The molecule has 2 saturated heterocycles. The average molecular weight is 750 g/mol. The zero-order valence-corrected chi connectivity index (χ0v) is 31.6. The summed E-state index contributed by atoms with van der Waals surface area (Å²) in [6.07, 6.45) is 5.60. The number of benzene rings is 3. The molecule has 2 N–H and O–H groups in total. The van der Waals surface area contributed by atoms with Gasteiger partial charge in [0.05, 0.1) is 12.8 Å². The summed E-state index contributed by atoms with van der Waals surface area (Å²) >= 11 is 0. The molecule has 3 aromatic carbocycles. The number of amides is 3. The first-order valence-corrected chi connectivity index (χ1v) is 18.9. The molecule has 2 aromatic heterocycles. The molecule has 0 atom stereocenters. The number of carbonyl (C=O) groups excluding carboxylic acids is 2. The molecule has 0 spiro atoms. The molecule has 2 fully saturated rings. The number of carbonyl (C=O) groups is 2. The maximum Gasteiger partial charge on any atom is 0.329 e. The number of urea groups is 1. The topological polar surface area (TPSA) is 116 Å². The number of piperidine rings is 1. The van der Waals surface area contributed by atoms with Gasteiger partial charge >= 0.3 is 6.03 Å². The molecule has 0 bridgehead atoms. The highest BCUT2D eigenvalue weighted by Gasteiger charge is 2.30. The van der Waals surface area contributed by atoms with Crippen LogP contribution in [0.3, 0.4) is 0 Å². The smallest absolute Gasteiger partial charge is 0.329 e. The third kappa shape index (κ3) is 6.75. The van der Waals surface area contributed by atoms with E-state index in [9.17, 15) is 14.4 Å². The van der Waals surface area contributed by atoms with E-state index < -0.39 is 11.8 Å². The summed E-state index contributed by atoms with van der Waals surface area (Å²) in [6, 6.07) is 12.9. The van der Waals surface area contributed by atoms with E-state index in [4.69, 9.17) is 4.74 Å². The van der Waals surface area contributed by atoms with Crippen LogP contribution in [0.1, 0.15) is 52.6 Å². The number of hydrogen-bond acceptors (Lipinski definition) is 7. The van der Waals surface area contributed by atoms with Crippen LogP contribution in [0.2, 0.25) is 0 Å². The van der Waals surface area contributed by atoms with Crippen LogP contribution in [0.5, 0.6) is 5.75 Å². The molecule has 3 aliphatic rings. The van der Waals surface area contributed by atoms with Crippen molar-refractivity contribution < 1.29 is 23.1 Å². The molecule has 8 rings (SSSR count). The van der Waals surface area contributed by atoms with Crippen LogP contribution in [0.4, 0.5) is 25.1 Å². The second-order valence-electron chi connectivity index (χ2n) is 15.1. The molecule has 55 heavy (non-hydrogen) atoms. The van der Waals surface area contributed by atoms with Crippen molar-refractivity contribution in [1.29, 1.82) is 0 Å². The Bertz CT molecular complexity index is 2400. The molecule has 3 amide bonds. The second kappa shape index (κ2) is 14.6. The lowest BCUT2D eigenvalue weighted by atomic mass is 9.85. The number of rotatable bonds is 8. The molecule has 0 aliphatic carbocycles. The van der Waals surface area contributed by atoms with E-state index in [2.05, 4.69) is 43.5 Å². The molecule has 0 saturated carbocycles. The maximum absolute atomic E-state index is 15.9. The number of hydrogen-bond donors (Lipinski definition) is 2. The maximum atomic E-state index is 15.9. The summed E-state index contributed by atoms with van der Waals surface area (Å²) in [5, 5.41) is 9.80. The van der Waals surface area contributed by atoms with Crippen molar-refractivity contribution in [3.05, 3.63) is 104 Å². The molecule has 5 heterocycles. The Labute approximate surface area is 317 Å². The van der Waals surface area contributed by atoms with E-state index in [1.165, 1.54) is 26.2 Å². The summed E-state index contributed by atoms with van der Waals surface area (Å²) in [5.41, 5.74) is 8.15. The third-order valence-electron chi connectivity index (χ3n) is 11.8. The minimum Gasteiger partial charge on any atom is -0.496 e. The Balaban J connectivity index is 0.918. The number of methoxy groups -OCH3 is 1. The minimum atomic E-state index is -0.559. The molecular formula is C42H45F2N7O4. The predicted octanol–water partition coefficient (Wildman–Crippen LogP) is 6.30. The monoisotopic (exact) mass is 749 g/mol. The lowest BCUT2D eigenvalue weighted by molar-refractivity contribution is -0.120. The zero-order valence-electron chi connectivity index (χ0n) is 31.6. The van der Waals surface area contributed by atoms with E-state index in [1.54, 1.807) is 45.5 Å². The number of anilines is 2. The van der Waals surface area contributed by atoms with Gasteiger partial charge in [0.25, 0.3) is 5.56 Å². The van der Waals surface area contributed by atoms with Gasteiger partial charge in [-0.2, -0.15) is 5.10 Å². The number of ether oxygens (including phenoxy) is 1.